The second-order valence-corrected chi connectivity index (χ2v) is 8.66. The minimum atomic E-state index is -0.735. The molecule has 0 saturated carbocycles. The molecule has 3 heterocycles. The SMILES string of the molecule is COCCN1C(=O)N(Cc2cccnc2)C(=O)C12CCN(CC1CC=CCC1)CC2. The summed E-state index contributed by atoms with van der Waals surface area (Å²) in [6.07, 6.45) is 12.9. The van der Waals surface area contributed by atoms with Crippen molar-refractivity contribution < 1.29 is 14.3 Å². The number of carbonyl (C=O) groups is 2. The first-order valence-electron chi connectivity index (χ1n) is 11.0. The second kappa shape index (κ2) is 9.27. The first kappa shape index (κ1) is 21.0. The maximum Gasteiger partial charge on any atom is 0.328 e. The molecule has 3 aliphatic rings. The lowest BCUT2D eigenvalue weighted by Crippen LogP contribution is -2.57. The van der Waals surface area contributed by atoms with Crippen LogP contribution in [0.15, 0.2) is 36.7 Å². The van der Waals surface area contributed by atoms with Crippen LogP contribution in [0, 0.1) is 5.92 Å². The molecule has 2 saturated heterocycles. The van der Waals surface area contributed by atoms with Crippen LogP contribution in [0.1, 0.15) is 37.7 Å². The zero-order valence-electron chi connectivity index (χ0n) is 17.8. The number of ether oxygens (including phenoxy) is 1. The number of carbonyl (C=O) groups excluding carboxylic acids is 2. The number of amides is 3. The van der Waals surface area contributed by atoms with Gasteiger partial charge in [-0.1, -0.05) is 18.2 Å². The predicted octanol–water partition coefficient (Wildman–Crippen LogP) is 2.68. The topological polar surface area (TPSA) is 66.0 Å². The van der Waals surface area contributed by atoms with E-state index in [4.69, 9.17) is 4.74 Å². The fourth-order valence-corrected chi connectivity index (χ4v) is 5.06. The summed E-state index contributed by atoms with van der Waals surface area (Å²) in [6, 6.07) is 3.53. The van der Waals surface area contributed by atoms with Gasteiger partial charge in [0.2, 0.25) is 0 Å². The van der Waals surface area contributed by atoms with E-state index in [0.29, 0.717) is 31.9 Å². The van der Waals surface area contributed by atoms with Crippen LogP contribution >= 0.6 is 0 Å². The van der Waals surface area contributed by atoms with Crippen molar-refractivity contribution >= 4 is 11.9 Å². The Morgan fingerprint density at radius 2 is 2.07 bits per heavy atom. The highest BCUT2D eigenvalue weighted by molar-refractivity contribution is 6.07. The Morgan fingerprint density at radius 1 is 1.23 bits per heavy atom. The summed E-state index contributed by atoms with van der Waals surface area (Å²) in [5, 5.41) is 0. The Kier molecular flexibility index (Phi) is 6.49. The smallest absolute Gasteiger partial charge is 0.328 e. The van der Waals surface area contributed by atoms with Gasteiger partial charge in [-0.25, -0.2) is 4.79 Å². The first-order valence-corrected chi connectivity index (χ1v) is 11.0. The van der Waals surface area contributed by atoms with Gasteiger partial charge in [0.15, 0.2) is 0 Å². The third-order valence-corrected chi connectivity index (χ3v) is 6.78. The number of likely N-dealkylation sites (tertiary alicyclic amines) is 1. The Balaban J connectivity index is 1.47. The number of imide groups is 1. The monoisotopic (exact) mass is 412 g/mol. The van der Waals surface area contributed by atoms with Crippen molar-refractivity contribution in [3.8, 4) is 0 Å². The van der Waals surface area contributed by atoms with Gasteiger partial charge in [-0.15, -0.1) is 0 Å². The largest absolute Gasteiger partial charge is 0.383 e. The molecule has 0 N–H and O–H groups in total. The molecule has 2 fully saturated rings. The number of urea groups is 1. The number of hydrogen-bond donors (Lipinski definition) is 0. The lowest BCUT2D eigenvalue weighted by Gasteiger charge is -2.43. The number of piperidine rings is 1. The average Bonchev–Trinajstić information content (AvgIpc) is 2.96. The van der Waals surface area contributed by atoms with Crippen LogP contribution < -0.4 is 0 Å². The summed E-state index contributed by atoms with van der Waals surface area (Å²) in [5.41, 5.74) is 0.131. The van der Waals surface area contributed by atoms with E-state index in [1.165, 1.54) is 17.7 Å². The summed E-state index contributed by atoms with van der Waals surface area (Å²) in [4.78, 5) is 36.6. The second-order valence-electron chi connectivity index (χ2n) is 8.66. The van der Waals surface area contributed by atoms with E-state index in [1.807, 2.05) is 12.1 Å². The molecule has 7 nitrogen and oxygen atoms in total. The molecule has 0 bridgehead atoms. The van der Waals surface area contributed by atoms with Gasteiger partial charge in [-0.3, -0.25) is 14.7 Å². The molecule has 0 aromatic carbocycles. The van der Waals surface area contributed by atoms with Crippen LogP contribution in [0.25, 0.3) is 0 Å². The minimum Gasteiger partial charge on any atom is -0.383 e. The highest BCUT2D eigenvalue weighted by Crippen LogP contribution is 2.38. The quantitative estimate of drug-likeness (QED) is 0.509. The first-order chi connectivity index (χ1) is 14.6. The molecular weight excluding hydrogens is 380 g/mol. The van der Waals surface area contributed by atoms with Crippen molar-refractivity contribution in [1.29, 1.82) is 0 Å². The van der Waals surface area contributed by atoms with Crippen LogP contribution in [0.4, 0.5) is 4.79 Å². The minimum absolute atomic E-state index is 0.0623. The molecule has 1 atom stereocenters. The summed E-state index contributed by atoms with van der Waals surface area (Å²) >= 11 is 0. The normalized spacial score (nSPS) is 24.2. The predicted molar refractivity (Wildman–Crippen MR) is 114 cm³/mol. The third kappa shape index (κ3) is 4.14. The van der Waals surface area contributed by atoms with E-state index < -0.39 is 5.54 Å². The standard InChI is InChI=1S/C23H32N4O3/c1-30-15-14-27-22(29)26(18-20-8-5-11-24-16-20)21(28)23(27)9-12-25(13-10-23)17-19-6-3-2-4-7-19/h2-3,5,8,11,16,19H,4,6-7,9-10,12-15,17-18H2,1H3. The van der Waals surface area contributed by atoms with Gasteiger partial charge in [0.1, 0.15) is 5.54 Å². The zero-order valence-corrected chi connectivity index (χ0v) is 17.8. The molecule has 1 aliphatic carbocycles. The zero-order chi connectivity index (χ0) is 21.0. The Bertz CT molecular complexity index is 774. The molecule has 1 aromatic heterocycles. The molecule has 1 unspecified atom stereocenters. The van der Waals surface area contributed by atoms with Gasteiger partial charge in [-0.2, -0.15) is 0 Å². The number of aromatic nitrogens is 1. The van der Waals surface area contributed by atoms with Gasteiger partial charge in [-0.05, 0) is 49.7 Å². The van der Waals surface area contributed by atoms with E-state index in [1.54, 1.807) is 24.4 Å². The Labute approximate surface area is 178 Å². The Hall–Kier alpha value is -2.25. The molecular formula is C23H32N4O3. The van der Waals surface area contributed by atoms with E-state index >= 15 is 0 Å². The molecule has 162 valence electrons. The summed E-state index contributed by atoms with van der Waals surface area (Å²) < 4.78 is 5.25. The van der Waals surface area contributed by atoms with E-state index in [2.05, 4.69) is 22.0 Å². The summed E-state index contributed by atoms with van der Waals surface area (Å²) in [6.45, 7) is 3.93. The number of pyridine rings is 1. The number of methoxy groups -OCH3 is 1. The molecule has 0 radical (unpaired) electrons. The van der Waals surface area contributed by atoms with Crippen molar-refractivity contribution in [2.45, 2.75) is 44.2 Å². The van der Waals surface area contributed by atoms with Crippen molar-refractivity contribution in [2.75, 3.05) is 39.9 Å². The summed E-state index contributed by atoms with van der Waals surface area (Å²) in [7, 11) is 1.63. The third-order valence-electron chi connectivity index (χ3n) is 6.78. The van der Waals surface area contributed by atoms with Crippen molar-refractivity contribution in [3.63, 3.8) is 0 Å². The maximum atomic E-state index is 13.5. The van der Waals surface area contributed by atoms with Gasteiger partial charge >= 0.3 is 6.03 Å². The van der Waals surface area contributed by atoms with E-state index in [0.717, 1.165) is 31.6 Å². The van der Waals surface area contributed by atoms with Crippen LogP contribution in [-0.4, -0.2) is 77.1 Å². The molecule has 1 aromatic rings. The number of hydrogen-bond acceptors (Lipinski definition) is 5. The molecule has 4 rings (SSSR count). The molecule has 7 heteroatoms. The van der Waals surface area contributed by atoms with Crippen molar-refractivity contribution in [1.82, 2.24) is 19.7 Å². The van der Waals surface area contributed by atoms with Gasteiger partial charge in [0.25, 0.3) is 5.91 Å². The maximum absolute atomic E-state index is 13.5. The van der Waals surface area contributed by atoms with E-state index in [-0.39, 0.29) is 18.5 Å². The highest BCUT2D eigenvalue weighted by atomic mass is 16.5. The van der Waals surface area contributed by atoms with Gasteiger partial charge in [0, 0.05) is 45.7 Å². The lowest BCUT2D eigenvalue weighted by atomic mass is 9.84. The Morgan fingerprint density at radius 3 is 2.73 bits per heavy atom. The highest BCUT2D eigenvalue weighted by Gasteiger charge is 2.57. The van der Waals surface area contributed by atoms with Crippen LogP contribution in [0.2, 0.25) is 0 Å². The molecule has 3 amide bonds. The van der Waals surface area contributed by atoms with Crippen LogP contribution in [0.3, 0.4) is 0 Å². The molecule has 30 heavy (non-hydrogen) atoms. The van der Waals surface area contributed by atoms with Gasteiger partial charge < -0.3 is 14.5 Å². The number of allylic oxidation sites excluding steroid dienone is 2. The fraction of sp³-hybridized carbons (Fsp3) is 0.609. The van der Waals surface area contributed by atoms with Gasteiger partial charge in [0.05, 0.1) is 13.2 Å². The van der Waals surface area contributed by atoms with Crippen LogP contribution in [0.5, 0.6) is 0 Å². The summed E-state index contributed by atoms with van der Waals surface area (Å²) in [5.74, 6) is 0.643. The van der Waals surface area contributed by atoms with Crippen LogP contribution in [-0.2, 0) is 16.1 Å². The lowest BCUT2D eigenvalue weighted by molar-refractivity contribution is -0.136. The van der Waals surface area contributed by atoms with E-state index in [9.17, 15) is 9.59 Å². The number of nitrogens with zero attached hydrogens (tertiary/aromatic N) is 4. The van der Waals surface area contributed by atoms with Crippen molar-refractivity contribution in [3.05, 3.63) is 42.2 Å². The molecule has 1 spiro atoms. The fourth-order valence-electron chi connectivity index (χ4n) is 5.06. The number of rotatable bonds is 7. The average molecular weight is 413 g/mol. The van der Waals surface area contributed by atoms with Crippen molar-refractivity contribution in [2.24, 2.45) is 5.92 Å². The molecule has 2 aliphatic heterocycles.